The molecule has 1 atom stereocenters. The average molecular weight is 234 g/mol. The van der Waals surface area contributed by atoms with E-state index in [4.69, 9.17) is 4.74 Å². The van der Waals surface area contributed by atoms with Crippen LogP contribution in [0, 0.1) is 0 Å². The van der Waals surface area contributed by atoms with Crippen LogP contribution < -0.4 is 4.74 Å². The van der Waals surface area contributed by atoms with Crippen LogP contribution in [0.5, 0.6) is 5.75 Å². The molecule has 92 valence electrons. The molecular formula is C14H18O3. The molecule has 3 heteroatoms. The zero-order valence-corrected chi connectivity index (χ0v) is 10.5. The van der Waals surface area contributed by atoms with Crippen LogP contribution in [0.25, 0.3) is 0 Å². The Morgan fingerprint density at radius 2 is 1.71 bits per heavy atom. The highest BCUT2D eigenvalue weighted by Gasteiger charge is 2.07. The Labute approximate surface area is 102 Å². The van der Waals surface area contributed by atoms with Gasteiger partial charge in [0.15, 0.2) is 0 Å². The molecule has 0 aliphatic carbocycles. The number of rotatable bonds is 6. The van der Waals surface area contributed by atoms with Crippen LogP contribution in [0.15, 0.2) is 24.3 Å². The van der Waals surface area contributed by atoms with Crippen molar-refractivity contribution in [3.8, 4) is 5.75 Å². The van der Waals surface area contributed by atoms with E-state index in [9.17, 15) is 9.59 Å². The third kappa shape index (κ3) is 5.29. The van der Waals surface area contributed by atoms with Gasteiger partial charge in [0.25, 0.3) is 0 Å². The molecule has 0 spiro atoms. The molecule has 0 aromatic heterocycles. The molecule has 0 amide bonds. The Bertz CT molecular complexity index is 392. The third-order valence-electron chi connectivity index (χ3n) is 2.29. The lowest BCUT2D eigenvalue weighted by Crippen LogP contribution is -2.15. The summed E-state index contributed by atoms with van der Waals surface area (Å²) in [5.41, 5.74) is 0.976. The van der Waals surface area contributed by atoms with Crippen molar-refractivity contribution >= 4 is 11.6 Å². The minimum Gasteiger partial charge on any atom is -0.490 e. The molecule has 0 aliphatic heterocycles. The number of Topliss-reactive ketones (excluding diaryl/α,β-unsaturated/α-hetero) is 2. The Hall–Kier alpha value is -1.64. The van der Waals surface area contributed by atoms with Crippen molar-refractivity contribution in [3.63, 3.8) is 0 Å². The van der Waals surface area contributed by atoms with E-state index in [2.05, 4.69) is 0 Å². The Morgan fingerprint density at radius 3 is 2.18 bits per heavy atom. The first-order valence-corrected chi connectivity index (χ1v) is 5.72. The fraction of sp³-hybridized carbons (Fsp3) is 0.429. The second kappa shape index (κ2) is 6.18. The molecule has 0 fully saturated rings. The molecule has 1 rings (SSSR count). The van der Waals surface area contributed by atoms with E-state index in [1.54, 1.807) is 13.8 Å². The largest absolute Gasteiger partial charge is 0.490 e. The summed E-state index contributed by atoms with van der Waals surface area (Å²) in [6.45, 7) is 4.99. The summed E-state index contributed by atoms with van der Waals surface area (Å²) in [5.74, 6) is 0.986. The van der Waals surface area contributed by atoms with Gasteiger partial charge < -0.3 is 4.74 Å². The fourth-order valence-corrected chi connectivity index (χ4v) is 1.65. The van der Waals surface area contributed by atoms with E-state index in [0.29, 0.717) is 12.8 Å². The van der Waals surface area contributed by atoms with Crippen molar-refractivity contribution in [2.75, 3.05) is 0 Å². The van der Waals surface area contributed by atoms with Crippen LogP contribution in [-0.4, -0.2) is 17.7 Å². The quantitative estimate of drug-likeness (QED) is 0.759. The predicted molar refractivity (Wildman–Crippen MR) is 66.2 cm³/mol. The Balaban J connectivity index is 2.56. The first-order chi connectivity index (χ1) is 7.97. The van der Waals surface area contributed by atoms with Crippen LogP contribution in [0.3, 0.4) is 0 Å². The van der Waals surface area contributed by atoms with E-state index >= 15 is 0 Å². The summed E-state index contributed by atoms with van der Waals surface area (Å²) >= 11 is 0. The van der Waals surface area contributed by atoms with Gasteiger partial charge in [-0.2, -0.15) is 0 Å². The monoisotopic (exact) mass is 234 g/mol. The van der Waals surface area contributed by atoms with Crippen molar-refractivity contribution in [3.05, 3.63) is 29.8 Å². The maximum absolute atomic E-state index is 10.9. The normalized spacial score (nSPS) is 11.9. The first kappa shape index (κ1) is 13.4. The van der Waals surface area contributed by atoms with Crippen LogP contribution >= 0.6 is 0 Å². The summed E-state index contributed by atoms with van der Waals surface area (Å²) < 4.78 is 5.58. The second-order valence-electron chi connectivity index (χ2n) is 4.36. The minimum absolute atomic E-state index is 0.116. The van der Waals surface area contributed by atoms with Gasteiger partial charge in [0.2, 0.25) is 0 Å². The van der Waals surface area contributed by atoms with Gasteiger partial charge in [-0.1, -0.05) is 12.1 Å². The molecule has 17 heavy (non-hydrogen) atoms. The van der Waals surface area contributed by atoms with E-state index in [1.165, 1.54) is 0 Å². The van der Waals surface area contributed by atoms with Crippen molar-refractivity contribution < 1.29 is 14.3 Å². The average Bonchev–Trinajstić information content (AvgIpc) is 2.18. The molecule has 0 bridgehead atoms. The lowest BCUT2D eigenvalue weighted by molar-refractivity contribution is -0.118. The highest BCUT2D eigenvalue weighted by Crippen LogP contribution is 2.15. The standard InChI is InChI=1S/C14H18O3/c1-10(15)8-12(3)17-14-6-4-13(5-7-14)9-11(2)16/h4-7,12H,8-9H2,1-3H3. The molecule has 1 aromatic rings. The van der Waals surface area contributed by atoms with Crippen LogP contribution in [0.1, 0.15) is 32.8 Å². The molecule has 0 heterocycles. The number of hydrogen-bond donors (Lipinski definition) is 0. The Morgan fingerprint density at radius 1 is 1.12 bits per heavy atom. The fourth-order valence-electron chi connectivity index (χ4n) is 1.65. The van der Waals surface area contributed by atoms with Crippen LogP contribution in [-0.2, 0) is 16.0 Å². The second-order valence-corrected chi connectivity index (χ2v) is 4.36. The summed E-state index contributed by atoms with van der Waals surface area (Å²) in [7, 11) is 0. The van der Waals surface area contributed by atoms with Gasteiger partial charge in [0.1, 0.15) is 23.4 Å². The lowest BCUT2D eigenvalue weighted by atomic mass is 10.1. The third-order valence-corrected chi connectivity index (χ3v) is 2.29. The van der Waals surface area contributed by atoms with Crippen molar-refractivity contribution in [2.24, 2.45) is 0 Å². The van der Waals surface area contributed by atoms with Crippen molar-refractivity contribution in [1.82, 2.24) is 0 Å². The van der Waals surface area contributed by atoms with Crippen LogP contribution in [0.2, 0.25) is 0 Å². The first-order valence-electron chi connectivity index (χ1n) is 5.72. The SMILES string of the molecule is CC(=O)Cc1ccc(OC(C)CC(C)=O)cc1. The van der Waals surface area contributed by atoms with E-state index in [1.807, 2.05) is 31.2 Å². The van der Waals surface area contributed by atoms with Gasteiger partial charge >= 0.3 is 0 Å². The topological polar surface area (TPSA) is 43.4 Å². The highest BCUT2D eigenvalue weighted by molar-refractivity contribution is 5.78. The highest BCUT2D eigenvalue weighted by atomic mass is 16.5. The van der Waals surface area contributed by atoms with Gasteiger partial charge in [0, 0.05) is 12.8 Å². The van der Waals surface area contributed by atoms with Gasteiger partial charge in [0.05, 0.1) is 0 Å². The molecule has 0 saturated carbocycles. The summed E-state index contributed by atoms with van der Waals surface area (Å²) in [4.78, 5) is 21.8. The predicted octanol–water partition coefficient (Wildman–Crippen LogP) is 2.56. The summed E-state index contributed by atoms with van der Waals surface area (Å²) in [6, 6.07) is 7.40. The molecular weight excluding hydrogens is 216 g/mol. The zero-order valence-electron chi connectivity index (χ0n) is 10.5. The number of carbonyl (C=O) groups is 2. The number of hydrogen-bond acceptors (Lipinski definition) is 3. The van der Waals surface area contributed by atoms with Gasteiger partial charge in [-0.15, -0.1) is 0 Å². The van der Waals surface area contributed by atoms with E-state index in [0.717, 1.165) is 11.3 Å². The van der Waals surface area contributed by atoms with Gasteiger partial charge in [-0.3, -0.25) is 9.59 Å². The van der Waals surface area contributed by atoms with E-state index in [-0.39, 0.29) is 17.7 Å². The molecule has 0 N–H and O–H groups in total. The number of carbonyl (C=O) groups excluding carboxylic acids is 2. The van der Waals surface area contributed by atoms with E-state index < -0.39 is 0 Å². The lowest BCUT2D eigenvalue weighted by Gasteiger charge is -2.13. The summed E-state index contributed by atoms with van der Waals surface area (Å²) in [6.07, 6.45) is 0.740. The minimum atomic E-state index is -0.119. The van der Waals surface area contributed by atoms with Gasteiger partial charge in [-0.05, 0) is 38.5 Å². The van der Waals surface area contributed by atoms with Crippen molar-refractivity contribution in [1.29, 1.82) is 0 Å². The molecule has 3 nitrogen and oxygen atoms in total. The maximum atomic E-state index is 10.9. The molecule has 1 aromatic carbocycles. The molecule has 0 aliphatic rings. The Kier molecular flexibility index (Phi) is 4.88. The number of benzene rings is 1. The van der Waals surface area contributed by atoms with Gasteiger partial charge in [-0.25, -0.2) is 0 Å². The van der Waals surface area contributed by atoms with Crippen LogP contribution in [0.4, 0.5) is 0 Å². The smallest absolute Gasteiger partial charge is 0.134 e. The zero-order chi connectivity index (χ0) is 12.8. The summed E-state index contributed by atoms with van der Waals surface area (Å²) in [5, 5.41) is 0. The molecule has 0 saturated heterocycles. The molecule has 1 unspecified atom stereocenters. The number of ketones is 2. The number of ether oxygens (including phenoxy) is 1. The van der Waals surface area contributed by atoms with Crippen molar-refractivity contribution in [2.45, 2.75) is 39.7 Å². The molecule has 0 radical (unpaired) electrons. The maximum Gasteiger partial charge on any atom is 0.134 e.